The van der Waals surface area contributed by atoms with E-state index in [1.807, 2.05) is 12.2 Å². The zero-order valence-corrected chi connectivity index (χ0v) is 6.39. The van der Waals surface area contributed by atoms with E-state index in [4.69, 9.17) is 0 Å². The second-order valence-electron chi connectivity index (χ2n) is 1.45. The van der Waals surface area contributed by atoms with Gasteiger partial charge in [-0.05, 0) is 0 Å². The monoisotopic (exact) mass is 167 g/mol. The summed E-state index contributed by atoms with van der Waals surface area (Å²) in [5, 5.41) is 0. The zero-order chi connectivity index (χ0) is 5.82. The van der Waals surface area contributed by atoms with E-state index in [2.05, 4.69) is 9.76 Å². The second-order valence-corrected chi connectivity index (χ2v) is 3.55. The molecule has 1 aliphatic heterocycles. The van der Waals surface area contributed by atoms with Crippen LogP contribution in [0.4, 0.5) is 0 Å². The molecule has 0 unspecified atom stereocenters. The van der Waals surface area contributed by atoms with Gasteiger partial charge in [-0.15, -0.1) is 0 Å². The zero-order valence-electron chi connectivity index (χ0n) is 4.29. The van der Waals surface area contributed by atoms with Crippen molar-refractivity contribution in [1.82, 2.24) is 0 Å². The minimum atomic E-state index is 0.0294. The fourth-order valence-electron chi connectivity index (χ4n) is 0.478. The molecule has 39 valence electrons. The molecular formula is C6H5GeO. The molecule has 0 aromatic carbocycles. The Labute approximate surface area is 54.1 Å². The molecule has 2 heteroatoms. The molecule has 0 fully saturated rings. The van der Waals surface area contributed by atoms with Crippen LogP contribution in [0.15, 0.2) is 22.6 Å². The summed E-state index contributed by atoms with van der Waals surface area (Å²) in [6.07, 6.45) is 4.64. The number of carbonyl (C=O) groups excluding carboxylic acids is 1. The van der Waals surface area contributed by atoms with Crippen molar-refractivity contribution in [3.63, 3.8) is 0 Å². The summed E-state index contributed by atoms with van der Waals surface area (Å²) in [5.74, 6) is 0. The van der Waals surface area contributed by atoms with E-state index in [0.29, 0.717) is 0 Å². The predicted octanol–water partition coefficient (Wildman–Crippen LogP) is 0.145. The Balaban J connectivity index is 2.82. The number of carbonyl (C=O) groups is 1. The predicted molar refractivity (Wildman–Crippen MR) is 35.1 cm³/mol. The molecule has 1 heterocycles. The summed E-state index contributed by atoms with van der Waals surface area (Å²) in [6, 6.07) is 0. The van der Waals surface area contributed by atoms with Gasteiger partial charge in [0.1, 0.15) is 0 Å². The van der Waals surface area contributed by atoms with Gasteiger partial charge in [0.15, 0.2) is 0 Å². The normalized spacial score (nSPS) is 15.8. The van der Waals surface area contributed by atoms with Crippen LogP contribution in [0.2, 0.25) is 0 Å². The van der Waals surface area contributed by atoms with Crippen molar-refractivity contribution in [2.45, 2.75) is 0 Å². The van der Waals surface area contributed by atoms with Crippen LogP contribution in [0.3, 0.4) is 0 Å². The van der Waals surface area contributed by atoms with Crippen LogP contribution in [-0.4, -0.2) is 26.1 Å². The van der Waals surface area contributed by atoms with Crippen LogP contribution in [0.25, 0.3) is 0 Å². The summed E-state index contributed by atoms with van der Waals surface area (Å²) in [7, 11) is 0. The Hall–Kier alpha value is -0.437. The van der Waals surface area contributed by atoms with Crippen LogP contribution in [0, 0.1) is 0 Å². The standard InChI is InChI=1S/C6H5GeO/c8-5-6-1-3-7-4-2-6/h1-5H. The van der Waals surface area contributed by atoms with Gasteiger partial charge in [0, 0.05) is 0 Å². The number of rotatable bonds is 1. The molecule has 0 N–H and O–H groups in total. The van der Waals surface area contributed by atoms with Gasteiger partial charge < -0.3 is 0 Å². The average Bonchev–Trinajstić information content (AvgIpc) is 1.90. The molecule has 0 aromatic heterocycles. The Morgan fingerprint density at radius 1 is 1.62 bits per heavy atom. The van der Waals surface area contributed by atoms with Gasteiger partial charge in [0.2, 0.25) is 0 Å². The first-order valence-corrected chi connectivity index (χ1v) is 4.77. The third kappa shape index (κ3) is 1.27. The summed E-state index contributed by atoms with van der Waals surface area (Å²) in [4.78, 5) is 14.2. The van der Waals surface area contributed by atoms with Gasteiger partial charge in [0.25, 0.3) is 0 Å². The molecule has 1 aliphatic rings. The summed E-state index contributed by atoms with van der Waals surface area (Å²) >= 11 is 0.0294. The van der Waals surface area contributed by atoms with E-state index in [1.165, 1.54) is 0 Å². The van der Waals surface area contributed by atoms with Gasteiger partial charge in [-0.1, -0.05) is 0 Å². The molecule has 1 radical (unpaired) electrons. The first kappa shape index (κ1) is 5.70. The maximum absolute atomic E-state index is 10.0. The molecule has 0 aliphatic carbocycles. The van der Waals surface area contributed by atoms with E-state index >= 15 is 0 Å². The molecule has 0 saturated heterocycles. The molecule has 0 saturated carbocycles. The Bertz CT molecular complexity index is 177. The molecular weight excluding hydrogens is 161 g/mol. The van der Waals surface area contributed by atoms with Crippen LogP contribution in [0.5, 0.6) is 0 Å². The molecule has 0 spiro atoms. The van der Waals surface area contributed by atoms with Gasteiger partial charge in [-0.3, -0.25) is 0 Å². The minimum absolute atomic E-state index is 0.0294. The SMILES string of the molecule is O=CC1=C[CH]=[Ge][CH]=C1. The van der Waals surface area contributed by atoms with Gasteiger partial charge >= 0.3 is 53.6 Å². The van der Waals surface area contributed by atoms with Gasteiger partial charge in [-0.25, -0.2) is 0 Å². The number of hydrogen-bond acceptors (Lipinski definition) is 1. The van der Waals surface area contributed by atoms with E-state index in [0.717, 1.165) is 11.9 Å². The topological polar surface area (TPSA) is 17.1 Å². The van der Waals surface area contributed by atoms with Gasteiger partial charge in [0.05, 0.1) is 0 Å². The molecule has 0 aromatic rings. The third-order valence-corrected chi connectivity index (χ3v) is 2.39. The first-order chi connectivity index (χ1) is 3.93. The van der Waals surface area contributed by atoms with Crippen LogP contribution >= 0.6 is 0 Å². The van der Waals surface area contributed by atoms with E-state index in [-0.39, 0.29) is 15.0 Å². The van der Waals surface area contributed by atoms with Crippen molar-refractivity contribution >= 4 is 26.1 Å². The van der Waals surface area contributed by atoms with Crippen molar-refractivity contribution in [3.8, 4) is 0 Å². The molecule has 1 nitrogen and oxygen atoms in total. The number of allylic oxidation sites excluding steroid dienone is 3. The maximum atomic E-state index is 10.0. The summed E-state index contributed by atoms with van der Waals surface area (Å²) < 4.78 is 0. The van der Waals surface area contributed by atoms with Crippen molar-refractivity contribution in [3.05, 3.63) is 22.6 Å². The Morgan fingerprint density at radius 2 is 2.50 bits per heavy atom. The summed E-state index contributed by atoms with van der Waals surface area (Å²) in [5.41, 5.74) is 0.792. The van der Waals surface area contributed by atoms with E-state index in [9.17, 15) is 4.79 Å². The molecule has 0 atom stereocenters. The third-order valence-electron chi connectivity index (χ3n) is 0.880. The second kappa shape index (κ2) is 2.77. The molecule has 0 bridgehead atoms. The fourth-order valence-corrected chi connectivity index (χ4v) is 1.92. The molecule has 0 amide bonds. The van der Waals surface area contributed by atoms with Gasteiger partial charge in [-0.2, -0.15) is 0 Å². The van der Waals surface area contributed by atoms with Crippen LogP contribution in [0.1, 0.15) is 0 Å². The fraction of sp³-hybridized carbons (Fsp3) is 0. The van der Waals surface area contributed by atoms with Crippen molar-refractivity contribution < 1.29 is 4.79 Å². The Morgan fingerprint density at radius 3 is 2.88 bits per heavy atom. The van der Waals surface area contributed by atoms with Crippen LogP contribution in [-0.2, 0) is 4.79 Å². The van der Waals surface area contributed by atoms with Crippen LogP contribution < -0.4 is 0 Å². The Kier molecular flexibility index (Phi) is 1.97. The van der Waals surface area contributed by atoms with E-state index < -0.39 is 0 Å². The quantitative estimate of drug-likeness (QED) is 0.399. The van der Waals surface area contributed by atoms with E-state index in [1.54, 1.807) is 0 Å². The van der Waals surface area contributed by atoms with Crippen molar-refractivity contribution in [2.75, 3.05) is 0 Å². The number of hydrogen-bond donors (Lipinski definition) is 0. The molecule has 1 rings (SSSR count). The number of aldehydes is 1. The first-order valence-electron chi connectivity index (χ1n) is 2.35. The van der Waals surface area contributed by atoms with Crippen molar-refractivity contribution in [1.29, 1.82) is 0 Å². The molecule has 8 heavy (non-hydrogen) atoms. The van der Waals surface area contributed by atoms with Crippen molar-refractivity contribution in [2.24, 2.45) is 0 Å². The average molecular weight is 166 g/mol. The summed E-state index contributed by atoms with van der Waals surface area (Å²) in [6.45, 7) is 0.